The van der Waals surface area contributed by atoms with Crippen molar-refractivity contribution in [2.45, 2.75) is 58.0 Å². The summed E-state index contributed by atoms with van der Waals surface area (Å²) < 4.78 is 0. The lowest BCUT2D eigenvalue weighted by Gasteiger charge is -2.37. The highest BCUT2D eigenvalue weighted by atomic mass is 16.2. The van der Waals surface area contributed by atoms with E-state index in [1.807, 2.05) is 4.90 Å². The van der Waals surface area contributed by atoms with Crippen LogP contribution in [0.1, 0.15) is 56.2 Å². The van der Waals surface area contributed by atoms with Crippen LogP contribution in [0.15, 0.2) is 24.3 Å². The maximum absolute atomic E-state index is 12.5. The van der Waals surface area contributed by atoms with Gasteiger partial charge in [-0.1, -0.05) is 43.2 Å². The van der Waals surface area contributed by atoms with E-state index in [2.05, 4.69) is 38.1 Å². The van der Waals surface area contributed by atoms with Crippen LogP contribution < -0.4 is 5.73 Å². The number of aryl methyl sites for hydroxylation is 1. The minimum atomic E-state index is -0.342. The first-order valence-corrected chi connectivity index (χ1v) is 7.76. The molecule has 2 unspecified atom stereocenters. The number of nitrogens with zero attached hydrogens (tertiary/aromatic N) is 1. The lowest BCUT2D eigenvalue weighted by molar-refractivity contribution is -0.136. The van der Waals surface area contributed by atoms with Gasteiger partial charge in [-0.2, -0.15) is 0 Å². The van der Waals surface area contributed by atoms with Crippen molar-refractivity contribution in [2.24, 2.45) is 5.73 Å². The summed E-state index contributed by atoms with van der Waals surface area (Å²) in [5.74, 6) is 0.122. The van der Waals surface area contributed by atoms with Crippen LogP contribution in [0.2, 0.25) is 0 Å². The van der Waals surface area contributed by atoms with Crippen LogP contribution in [0.25, 0.3) is 0 Å². The van der Waals surface area contributed by atoms with Crippen LogP contribution in [0, 0.1) is 6.92 Å². The number of likely N-dealkylation sites (tertiary alicyclic amines) is 1. The Bertz CT molecular complexity index is 441. The normalized spacial score (nSPS) is 20.8. The lowest BCUT2D eigenvalue weighted by atomic mass is 9.93. The molecule has 0 saturated carbocycles. The second-order valence-corrected chi connectivity index (χ2v) is 5.85. The van der Waals surface area contributed by atoms with Crippen molar-refractivity contribution in [3.05, 3.63) is 35.4 Å². The van der Waals surface area contributed by atoms with Gasteiger partial charge in [0.05, 0.1) is 12.1 Å². The van der Waals surface area contributed by atoms with E-state index < -0.39 is 0 Å². The zero-order valence-corrected chi connectivity index (χ0v) is 12.6. The van der Waals surface area contributed by atoms with Gasteiger partial charge in [0.25, 0.3) is 0 Å². The van der Waals surface area contributed by atoms with Gasteiger partial charge in [-0.05, 0) is 38.2 Å². The smallest absolute Gasteiger partial charge is 0.239 e. The molecule has 1 fully saturated rings. The third kappa shape index (κ3) is 3.40. The van der Waals surface area contributed by atoms with Crippen molar-refractivity contribution in [1.29, 1.82) is 0 Å². The summed E-state index contributed by atoms with van der Waals surface area (Å²) in [7, 11) is 0. The van der Waals surface area contributed by atoms with Gasteiger partial charge in [0.15, 0.2) is 0 Å². The topological polar surface area (TPSA) is 46.3 Å². The number of hydrogen-bond donors (Lipinski definition) is 1. The summed E-state index contributed by atoms with van der Waals surface area (Å²) in [6.07, 6.45) is 5.05. The molecule has 0 aromatic heterocycles. The molecule has 1 aromatic carbocycles. The van der Waals surface area contributed by atoms with E-state index in [4.69, 9.17) is 5.73 Å². The van der Waals surface area contributed by atoms with Crippen LogP contribution >= 0.6 is 0 Å². The first-order valence-electron chi connectivity index (χ1n) is 7.76. The predicted molar refractivity (Wildman–Crippen MR) is 82.4 cm³/mol. The third-order valence-electron chi connectivity index (χ3n) is 4.16. The second kappa shape index (κ2) is 6.89. The van der Waals surface area contributed by atoms with Crippen molar-refractivity contribution in [1.82, 2.24) is 4.90 Å². The molecule has 2 N–H and O–H groups in total. The molecule has 0 bridgehead atoms. The number of carbonyl (C=O) groups is 1. The standard InChI is InChI=1S/C17H26N2O/c1-3-6-15(18)17(20)19-12-5-4-7-16(19)14-10-8-13(2)9-11-14/h8-11,15-16H,3-7,12,18H2,1-2H3. The summed E-state index contributed by atoms with van der Waals surface area (Å²) in [6, 6.07) is 8.41. The molecule has 1 amide bonds. The molecule has 1 saturated heterocycles. The third-order valence-corrected chi connectivity index (χ3v) is 4.16. The minimum Gasteiger partial charge on any atom is -0.334 e. The van der Waals surface area contributed by atoms with Gasteiger partial charge in [-0.3, -0.25) is 4.79 Å². The SMILES string of the molecule is CCCC(N)C(=O)N1CCCCC1c1ccc(C)cc1. The molecule has 1 aliphatic rings. The maximum atomic E-state index is 12.5. The van der Waals surface area contributed by atoms with Crippen LogP contribution in [-0.4, -0.2) is 23.4 Å². The van der Waals surface area contributed by atoms with Crippen molar-refractivity contribution in [2.75, 3.05) is 6.54 Å². The average Bonchev–Trinajstić information content (AvgIpc) is 2.47. The van der Waals surface area contributed by atoms with Crippen LogP contribution in [-0.2, 0) is 4.79 Å². The zero-order valence-electron chi connectivity index (χ0n) is 12.6. The van der Waals surface area contributed by atoms with E-state index in [9.17, 15) is 4.79 Å². The Hall–Kier alpha value is -1.35. The predicted octanol–water partition coefficient (Wildman–Crippen LogP) is 3.18. The number of hydrogen-bond acceptors (Lipinski definition) is 2. The van der Waals surface area contributed by atoms with Gasteiger partial charge >= 0.3 is 0 Å². The Labute approximate surface area is 122 Å². The summed E-state index contributed by atoms with van der Waals surface area (Å²) in [6.45, 7) is 5.00. The molecule has 1 heterocycles. The molecule has 2 atom stereocenters. The molecule has 0 radical (unpaired) electrons. The van der Waals surface area contributed by atoms with Gasteiger partial charge in [-0.25, -0.2) is 0 Å². The molecule has 2 rings (SSSR count). The molecule has 0 aliphatic carbocycles. The van der Waals surface area contributed by atoms with Crippen molar-refractivity contribution >= 4 is 5.91 Å². The fourth-order valence-electron chi connectivity index (χ4n) is 2.98. The summed E-state index contributed by atoms with van der Waals surface area (Å²) >= 11 is 0. The molecule has 110 valence electrons. The fraction of sp³-hybridized carbons (Fsp3) is 0.588. The molecular weight excluding hydrogens is 248 g/mol. The molecular formula is C17H26N2O. The van der Waals surface area contributed by atoms with Crippen LogP contribution in [0.4, 0.5) is 0 Å². The van der Waals surface area contributed by atoms with Crippen LogP contribution in [0.3, 0.4) is 0 Å². The quantitative estimate of drug-likeness (QED) is 0.916. The average molecular weight is 274 g/mol. The Morgan fingerprint density at radius 3 is 2.70 bits per heavy atom. The number of nitrogens with two attached hydrogens (primary N) is 1. The highest BCUT2D eigenvalue weighted by Crippen LogP contribution is 2.31. The van der Waals surface area contributed by atoms with Crippen molar-refractivity contribution in [3.63, 3.8) is 0 Å². The number of piperidine rings is 1. The van der Waals surface area contributed by atoms with E-state index in [0.29, 0.717) is 0 Å². The van der Waals surface area contributed by atoms with Gasteiger partial charge in [0, 0.05) is 6.54 Å². The van der Waals surface area contributed by atoms with Gasteiger partial charge < -0.3 is 10.6 Å². The van der Waals surface area contributed by atoms with E-state index in [-0.39, 0.29) is 18.0 Å². The molecule has 3 heteroatoms. The number of rotatable bonds is 4. The van der Waals surface area contributed by atoms with E-state index in [1.54, 1.807) is 0 Å². The Morgan fingerprint density at radius 1 is 1.35 bits per heavy atom. The number of carbonyl (C=O) groups excluding carboxylic acids is 1. The largest absolute Gasteiger partial charge is 0.334 e. The van der Waals surface area contributed by atoms with Gasteiger partial charge in [0.1, 0.15) is 0 Å². The highest BCUT2D eigenvalue weighted by Gasteiger charge is 2.30. The zero-order chi connectivity index (χ0) is 14.5. The maximum Gasteiger partial charge on any atom is 0.239 e. The molecule has 0 spiro atoms. The summed E-state index contributed by atoms with van der Waals surface area (Å²) in [5.41, 5.74) is 8.53. The molecule has 1 aromatic rings. The van der Waals surface area contributed by atoms with E-state index in [0.717, 1.165) is 32.2 Å². The van der Waals surface area contributed by atoms with Crippen molar-refractivity contribution in [3.8, 4) is 0 Å². The highest BCUT2D eigenvalue weighted by molar-refractivity contribution is 5.82. The second-order valence-electron chi connectivity index (χ2n) is 5.85. The fourth-order valence-corrected chi connectivity index (χ4v) is 2.98. The first-order chi connectivity index (χ1) is 9.63. The molecule has 1 aliphatic heterocycles. The van der Waals surface area contributed by atoms with Crippen molar-refractivity contribution < 1.29 is 4.79 Å². The van der Waals surface area contributed by atoms with E-state index in [1.165, 1.54) is 17.5 Å². The Kier molecular flexibility index (Phi) is 5.18. The Morgan fingerprint density at radius 2 is 2.05 bits per heavy atom. The molecule has 3 nitrogen and oxygen atoms in total. The number of amides is 1. The molecule has 20 heavy (non-hydrogen) atoms. The van der Waals surface area contributed by atoms with E-state index >= 15 is 0 Å². The van der Waals surface area contributed by atoms with Crippen LogP contribution in [0.5, 0.6) is 0 Å². The monoisotopic (exact) mass is 274 g/mol. The van der Waals surface area contributed by atoms with Gasteiger partial charge in [0.2, 0.25) is 5.91 Å². The first kappa shape index (κ1) is 15.0. The number of benzene rings is 1. The Balaban J connectivity index is 2.16. The lowest BCUT2D eigenvalue weighted by Crippen LogP contribution is -2.47. The summed E-state index contributed by atoms with van der Waals surface area (Å²) in [4.78, 5) is 14.5. The summed E-state index contributed by atoms with van der Waals surface area (Å²) in [5, 5.41) is 0. The minimum absolute atomic E-state index is 0.122. The van der Waals surface area contributed by atoms with Gasteiger partial charge in [-0.15, -0.1) is 0 Å².